The number of hydrogen-bond donors (Lipinski definition) is 1. The smallest absolute Gasteiger partial charge is 0.307 e. The van der Waals surface area contributed by atoms with Gasteiger partial charge in [0.15, 0.2) is 0 Å². The maximum absolute atomic E-state index is 11.7. The van der Waals surface area contributed by atoms with Crippen LogP contribution in [0.5, 0.6) is 0 Å². The summed E-state index contributed by atoms with van der Waals surface area (Å²) in [6, 6.07) is 3.86. The zero-order chi connectivity index (χ0) is 13.4. The molecule has 1 N–H and O–H groups in total. The van der Waals surface area contributed by atoms with E-state index >= 15 is 0 Å². The van der Waals surface area contributed by atoms with Gasteiger partial charge in [0.05, 0.1) is 18.6 Å². The van der Waals surface area contributed by atoms with Gasteiger partial charge in [0.25, 0.3) is 0 Å². The molecular formula is C14H22N2O2. The molecule has 0 spiro atoms. The van der Waals surface area contributed by atoms with Crippen LogP contribution >= 0.6 is 0 Å². The second kappa shape index (κ2) is 7.11. The summed E-state index contributed by atoms with van der Waals surface area (Å²) >= 11 is 0. The quantitative estimate of drug-likeness (QED) is 0.754. The fraction of sp³-hybridized carbons (Fsp3) is 0.571. The Kier molecular flexibility index (Phi) is 5.78. The van der Waals surface area contributed by atoms with Crippen molar-refractivity contribution >= 4 is 5.97 Å². The van der Waals surface area contributed by atoms with Crippen molar-refractivity contribution in [1.82, 2.24) is 10.3 Å². The first-order valence-corrected chi connectivity index (χ1v) is 6.43. The highest BCUT2D eigenvalue weighted by molar-refractivity contribution is 5.71. The first kappa shape index (κ1) is 14.6. The monoisotopic (exact) mass is 250 g/mol. The highest BCUT2D eigenvalue weighted by atomic mass is 16.5. The number of carbonyl (C=O) groups excluding carboxylic acids is 1. The molecule has 4 nitrogen and oxygen atoms in total. The van der Waals surface area contributed by atoms with Gasteiger partial charge in [-0.2, -0.15) is 0 Å². The molecule has 0 saturated carbocycles. The van der Waals surface area contributed by atoms with Gasteiger partial charge in [-0.15, -0.1) is 0 Å². The van der Waals surface area contributed by atoms with E-state index in [9.17, 15) is 4.79 Å². The number of esters is 1. The summed E-state index contributed by atoms with van der Waals surface area (Å²) in [7, 11) is 0. The van der Waals surface area contributed by atoms with Crippen molar-refractivity contribution < 1.29 is 9.53 Å². The maximum atomic E-state index is 11.7. The predicted molar refractivity (Wildman–Crippen MR) is 71.1 cm³/mol. The first-order chi connectivity index (χ1) is 8.62. The molecule has 0 aliphatic rings. The van der Waals surface area contributed by atoms with E-state index in [-0.39, 0.29) is 5.97 Å². The number of carbonyl (C=O) groups is 1. The lowest BCUT2D eigenvalue weighted by Crippen LogP contribution is -2.42. The van der Waals surface area contributed by atoms with Crippen molar-refractivity contribution in [3.8, 4) is 0 Å². The fourth-order valence-corrected chi connectivity index (χ4v) is 1.86. The molecule has 0 bridgehead atoms. The van der Waals surface area contributed by atoms with Crippen LogP contribution in [-0.2, 0) is 15.1 Å². The third kappa shape index (κ3) is 4.11. The first-order valence-electron chi connectivity index (χ1n) is 6.43. The van der Waals surface area contributed by atoms with Crippen molar-refractivity contribution in [2.45, 2.75) is 39.2 Å². The summed E-state index contributed by atoms with van der Waals surface area (Å²) in [6.45, 7) is 7.19. The van der Waals surface area contributed by atoms with Crippen LogP contribution in [0.15, 0.2) is 24.5 Å². The van der Waals surface area contributed by atoms with Crippen LogP contribution in [0, 0.1) is 0 Å². The number of nitrogens with one attached hydrogen (secondary N) is 1. The molecule has 1 rings (SSSR count). The van der Waals surface area contributed by atoms with E-state index in [1.165, 1.54) is 0 Å². The summed E-state index contributed by atoms with van der Waals surface area (Å²) in [4.78, 5) is 15.8. The second-order valence-electron chi connectivity index (χ2n) is 4.48. The van der Waals surface area contributed by atoms with Gasteiger partial charge in [0.1, 0.15) is 0 Å². The van der Waals surface area contributed by atoms with Crippen molar-refractivity contribution in [3.05, 3.63) is 30.1 Å². The minimum Gasteiger partial charge on any atom is -0.466 e. The zero-order valence-corrected chi connectivity index (χ0v) is 11.4. The molecule has 18 heavy (non-hydrogen) atoms. The van der Waals surface area contributed by atoms with E-state index in [0.717, 1.165) is 18.5 Å². The Bertz CT molecular complexity index is 367. The lowest BCUT2D eigenvalue weighted by Gasteiger charge is -2.30. The highest BCUT2D eigenvalue weighted by Crippen LogP contribution is 2.24. The Balaban J connectivity index is 2.84. The van der Waals surface area contributed by atoms with Crippen molar-refractivity contribution in [1.29, 1.82) is 0 Å². The van der Waals surface area contributed by atoms with Gasteiger partial charge in [-0.1, -0.05) is 13.0 Å². The van der Waals surface area contributed by atoms with Crippen molar-refractivity contribution in [3.63, 3.8) is 0 Å². The number of rotatable bonds is 7. The van der Waals surface area contributed by atoms with Gasteiger partial charge >= 0.3 is 5.97 Å². The molecule has 0 fully saturated rings. The topological polar surface area (TPSA) is 51.2 Å². The molecule has 100 valence electrons. The van der Waals surface area contributed by atoms with Crippen LogP contribution in [0.2, 0.25) is 0 Å². The number of hydrogen-bond acceptors (Lipinski definition) is 4. The van der Waals surface area contributed by atoms with Crippen molar-refractivity contribution in [2.75, 3.05) is 13.2 Å². The summed E-state index contributed by atoms with van der Waals surface area (Å²) in [5.41, 5.74) is 0.586. The minimum absolute atomic E-state index is 0.188. The summed E-state index contributed by atoms with van der Waals surface area (Å²) in [5.74, 6) is -0.188. The largest absolute Gasteiger partial charge is 0.466 e. The van der Waals surface area contributed by atoms with Crippen molar-refractivity contribution in [2.24, 2.45) is 0 Å². The highest BCUT2D eigenvalue weighted by Gasteiger charge is 2.29. The molecule has 1 aromatic heterocycles. The molecule has 4 heteroatoms. The van der Waals surface area contributed by atoms with Crippen LogP contribution in [0.4, 0.5) is 0 Å². The Labute approximate surface area is 109 Å². The van der Waals surface area contributed by atoms with Gasteiger partial charge in [-0.3, -0.25) is 9.78 Å². The lowest BCUT2D eigenvalue weighted by molar-refractivity contribution is -0.144. The summed E-state index contributed by atoms with van der Waals surface area (Å²) in [5, 5.41) is 3.41. The zero-order valence-electron chi connectivity index (χ0n) is 11.4. The molecule has 0 aromatic carbocycles. The lowest BCUT2D eigenvalue weighted by atomic mass is 9.89. The normalized spacial score (nSPS) is 13.9. The standard InChI is InChI=1S/C14H22N2O2/c1-4-8-16-14(3,10-13(17)18-5-2)12-7-6-9-15-11-12/h6-7,9,11,16H,4-5,8,10H2,1-3H3. The Morgan fingerprint density at radius 2 is 2.28 bits per heavy atom. The Morgan fingerprint density at radius 3 is 2.83 bits per heavy atom. The van der Waals surface area contributed by atoms with Gasteiger partial charge in [0.2, 0.25) is 0 Å². The molecule has 0 aliphatic carbocycles. The van der Waals surface area contributed by atoms with E-state index in [2.05, 4.69) is 17.2 Å². The van der Waals surface area contributed by atoms with Crippen LogP contribution in [0.25, 0.3) is 0 Å². The molecule has 1 unspecified atom stereocenters. The Morgan fingerprint density at radius 1 is 1.50 bits per heavy atom. The summed E-state index contributed by atoms with van der Waals surface area (Å²) < 4.78 is 5.04. The SMILES string of the molecule is CCCNC(C)(CC(=O)OCC)c1cccnc1. The third-order valence-corrected chi connectivity index (χ3v) is 2.87. The maximum Gasteiger partial charge on any atom is 0.307 e. The van der Waals surface area contributed by atoms with E-state index < -0.39 is 5.54 Å². The number of nitrogens with zero attached hydrogens (tertiary/aromatic N) is 1. The third-order valence-electron chi connectivity index (χ3n) is 2.87. The van der Waals surface area contributed by atoms with E-state index in [4.69, 9.17) is 4.74 Å². The molecule has 1 aromatic rings. The van der Waals surface area contributed by atoms with Gasteiger partial charge in [-0.25, -0.2) is 0 Å². The Hall–Kier alpha value is -1.42. The number of aromatic nitrogens is 1. The molecule has 0 saturated heterocycles. The van der Waals surface area contributed by atoms with Crippen LogP contribution < -0.4 is 5.32 Å². The number of ether oxygens (including phenoxy) is 1. The van der Waals surface area contributed by atoms with Crippen LogP contribution in [-0.4, -0.2) is 24.1 Å². The van der Waals surface area contributed by atoms with Gasteiger partial charge in [0, 0.05) is 12.4 Å². The number of pyridine rings is 1. The molecule has 1 atom stereocenters. The minimum atomic E-state index is -0.420. The second-order valence-corrected chi connectivity index (χ2v) is 4.48. The molecule has 0 radical (unpaired) electrons. The molecule has 1 heterocycles. The molecular weight excluding hydrogens is 228 g/mol. The van der Waals surface area contributed by atoms with Gasteiger partial charge < -0.3 is 10.1 Å². The van der Waals surface area contributed by atoms with Gasteiger partial charge in [-0.05, 0) is 38.4 Å². The van der Waals surface area contributed by atoms with Crippen LogP contribution in [0.1, 0.15) is 39.2 Å². The van der Waals surface area contributed by atoms with E-state index in [1.54, 1.807) is 12.4 Å². The predicted octanol–water partition coefficient (Wildman–Crippen LogP) is 2.25. The fourth-order valence-electron chi connectivity index (χ4n) is 1.86. The average molecular weight is 250 g/mol. The van der Waals surface area contributed by atoms with Crippen LogP contribution in [0.3, 0.4) is 0 Å². The molecule has 0 amide bonds. The van der Waals surface area contributed by atoms with E-state index in [1.807, 2.05) is 26.0 Å². The average Bonchev–Trinajstić information content (AvgIpc) is 2.38. The van der Waals surface area contributed by atoms with E-state index in [0.29, 0.717) is 13.0 Å². The summed E-state index contributed by atoms with van der Waals surface area (Å²) in [6.07, 6.45) is 4.85. The molecule has 0 aliphatic heterocycles.